The number of fused-ring (bicyclic) bond motifs is 1. The molecule has 75 heavy (non-hydrogen) atoms. The molecule has 10 amide bonds. The van der Waals surface area contributed by atoms with Crippen LogP contribution in [-0.2, 0) is 60.8 Å². The highest BCUT2D eigenvalue weighted by Gasteiger charge is 2.35. The Morgan fingerprint density at radius 3 is 1.57 bits per heavy atom. The number of hydrogen-bond donors (Lipinski definition) is 13. The first-order valence-electron chi connectivity index (χ1n) is 25.3. The minimum absolute atomic E-state index is 0.0965. The topological polar surface area (TPSA) is 411 Å². The number of carbonyl (C=O) groups excluding carboxylic acids is 10. The van der Waals surface area contributed by atoms with Crippen LogP contribution in [0.3, 0.4) is 0 Å². The number of nitrogens with one attached hydrogen (secondary N) is 7. The molecule has 23 heteroatoms. The largest absolute Gasteiger partial charge is 0.370 e. The molecule has 0 bridgehead atoms. The van der Waals surface area contributed by atoms with Gasteiger partial charge in [-0.3, -0.25) is 47.9 Å². The predicted molar refractivity (Wildman–Crippen MR) is 282 cm³/mol. The first kappa shape index (κ1) is 61.8. The van der Waals surface area contributed by atoms with E-state index in [1.54, 1.807) is 54.6 Å². The molecule has 0 aliphatic heterocycles. The maximum atomic E-state index is 14.5. The molecule has 410 valence electrons. The predicted octanol–water partition coefficient (Wildman–Crippen LogP) is -1.70. The molecule has 0 radical (unpaired) electrons. The summed E-state index contributed by atoms with van der Waals surface area (Å²) in [7, 11) is 0. The van der Waals surface area contributed by atoms with Gasteiger partial charge in [0.25, 0.3) is 0 Å². The molecule has 0 aliphatic carbocycles. The van der Waals surface area contributed by atoms with Gasteiger partial charge in [-0.2, -0.15) is 0 Å². The van der Waals surface area contributed by atoms with Crippen molar-refractivity contribution in [2.24, 2.45) is 40.3 Å². The van der Waals surface area contributed by atoms with Crippen LogP contribution in [0.25, 0.3) is 10.8 Å². The van der Waals surface area contributed by atoms with Gasteiger partial charge in [-0.25, -0.2) is 0 Å². The van der Waals surface area contributed by atoms with E-state index < -0.39 is 120 Å². The highest BCUT2D eigenvalue weighted by atomic mass is 16.2. The Balaban J connectivity index is 1.99. The van der Waals surface area contributed by atoms with Crippen molar-refractivity contribution < 1.29 is 47.9 Å². The maximum Gasteiger partial charge on any atom is 0.243 e. The van der Waals surface area contributed by atoms with E-state index in [0.29, 0.717) is 61.7 Å². The van der Waals surface area contributed by atoms with E-state index in [-0.39, 0.29) is 38.0 Å². The molecule has 3 rings (SSSR count). The Kier molecular flexibility index (Phi) is 26.3. The molecule has 0 spiro atoms. The highest BCUT2D eigenvalue weighted by molar-refractivity contribution is 5.99. The van der Waals surface area contributed by atoms with Crippen LogP contribution in [0, 0.1) is 5.92 Å². The van der Waals surface area contributed by atoms with E-state index in [4.69, 9.17) is 34.4 Å². The minimum Gasteiger partial charge on any atom is -0.370 e. The van der Waals surface area contributed by atoms with Crippen LogP contribution < -0.4 is 71.6 Å². The molecule has 23 nitrogen and oxygen atoms in total. The van der Waals surface area contributed by atoms with Crippen molar-refractivity contribution in [2.75, 3.05) is 13.1 Å². The van der Waals surface area contributed by atoms with E-state index in [0.717, 1.165) is 5.39 Å². The Morgan fingerprint density at radius 1 is 0.467 bits per heavy atom. The van der Waals surface area contributed by atoms with Gasteiger partial charge in [-0.1, -0.05) is 93.1 Å². The normalized spacial score (nSPS) is 14.3. The van der Waals surface area contributed by atoms with Crippen LogP contribution in [0.1, 0.15) is 96.1 Å². The zero-order valence-electron chi connectivity index (χ0n) is 43.1. The van der Waals surface area contributed by atoms with Crippen molar-refractivity contribution in [3.63, 3.8) is 0 Å². The number of carbonyl (C=O) groups is 10. The molecule has 0 saturated heterocycles. The lowest BCUT2D eigenvalue weighted by Crippen LogP contribution is -2.61. The molecular formula is C52H77N13O10. The van der Waals surface area contributed by atoms with Crippen LogP contribution >= 0.6 is 0 Å². The van der Waals surface area contributed by atoms with Crippen LogP contribution in [0.5, 0.6) is 0 Å². The van der Waals surface area contributed by atoms with Gasteiger partial charge in [0, 0.05) is 19.3 Å². The number of hydrogen-bond acceptors (Lipinski definition) is 13. The second-order valence-corrected chi connectivity index (χ2v) is 19.0. The second-order valence-electron chi connectivity index (χ2n) is 19.0. The summed E-state index contributed by atoms with van der Waals surface area (Å²) in [5.74, 6) is -8.65. The summed E-state index contributed by atoms with van der Waals surface area (Å²) in [6.07, 6.45) is 1.15. The van der Waals surface area contributed by atoms with Gasteiger partial charge in [0.15, 0.2) is 0 Å². The fourth-order valence-electron chi connectivity index (χ4n) is 8.09. The molecule has 3 aromatic rings. The Labute approximate surface area is 437 Å². The summed E-state index contributed by atoms with van der Waals surface area (Å²) in [5, 5.41) is 19.6. The standard InChI is InChI=1S/C52H77N13O10/c1-30(2)26-39(62-47(70)36(55)20-9-11-24-53)49(72)63-40(27-32-14-5-4-6-15-32)50(73)65-42(29-44(57)67)52(75)64-41(28-34-18-13-17-33-16-7-8-19-35(33)34)51(74)61-38(22-23-43(56)66)48(71)59-31(3)46(69)60-37(45(58)68)21-10-12-25-54/h4-8,13-19,30-31,36-42H,9-12,20-29,53-55H2,1-3H3,(H2,56,66)(H2,57,67)(H2,58,68)(H,59,71)(H,60,69)(H,61,74)(H,62,70)(H,63,72)(H,64,75)(H,65,73)/t31-,36-,37-,38+,39-,40+,41+,42+/m1/s1. The maximum absolute atomic E-state index is 14.5. The zero-order valence-corrected chi connectivity index (χ0v) is 43.1. The molecule has 0 aromatic heterocycles. The van der Waals surface area contributed by atoms with Gasteiger partial charge in [-0.05, 0) is 92.8 Å². The number of benzene rings is 3. The number of unbranched alkanes of at least 4 members (excludes halogenated alkanes) is 2. The molecule has 0 unspecified atom stereocenters. The van der Waals surface area contributed by atoms with Gasteiger partial charge < -0.3 is 71.6 Å². The van der Waals surface area contributed by atoms with Crippen LogP contribution in [0.4, 0.5) is 0 Å². The first-order chi connectivity index (χ1) is 35.6. The van der Waals surface area contributed by atoms with Crippen molar-refractivity contribution in [3.05, 3.63) is 83.9 Å². The molecule has 8 atom stereocenters. The monoisotopic (exact) mass is 1040 g/mol. The smallest absolute Gasteiger partial charge is 0.243 e. The van der Waals surface area contributed by atoms with Gasteiger partial charge in [0.2, 0.25) is 59.1 Å². The third kappa shape index (κ3) is 21.9. The van der Waals surface area contributed by atoms with Crippen molar-refractivity contribution >= 4 is 69.8 Å². The number of amides is 10. The van der Waals surface area contributed by atoms with E-state index in [9.17, 15) is 47.9 Å². The third-order valence-corrected chi connectivity index (χ3v) is 12.2. The lowest BCUT2D eigenvalue weighted by atomic mass is 9.97. The van der Waals surface area contributed by atoms with Gasteiger partial charge in [0.1, 0.15) is 42.3 Å². The van der Waals surface area contributed by atoms with E-state index in [1.807, 2.05) is 32.0 Å². The van der Waals surface area contributed by atoms with E-state index in [1.165, 1.54) is 6.92 Å². The Hall–Kier alpha value is -7.50. The van der Waals surface area contributed by atoms with Crippen molar-refractivity contribution in [3.8, 4) is 0 Å². The molecule has 3 aromatic carbocycles. The summed E-state index contributed by atoms with van der Waals surface area (Å²) < 4.78 is 0. The summed E-state index contributed by atoms with van der Waals surface area (Å²) in [4.78, 5) is 134. The molecule has 0 fully saturated rings. The van der Waals surface area contributed by atoms with Crippen molar-refractivity contribution in [1.82, 2.24) is 37.2 Å². The summed E-state index contributed by atoms with van der Waals surface area (Å²) in [6.45, 7) is 5.79. The van der Waals surface area contributed by atoms with Crippen molar-refractivity contribution in [2.45, 2.75) is 146 Å². The molecule has 0 aliphatic rings. The Bertz CT molecular complexity index is 2420. The molecular weight excluding hydrogens is 967 g/mol. The van der Waals surface area contributed by atoms with Crippen LogP contribution in [0.2, 0.25) is 0 Å². The average Bonchev–Trinajstić information content (AvgIpc) is 3.36. The zero-order chi connectivity index (χ0) is 55.6. The average molecular weight is 1040 g/mol. The van der Waals surface area contributed by atoms with Crippen molar-refractivity contribution in [1.29, 1.82) is 0 Å². The Morgan fingerprint density at radius 2 is 0.973 bits per heavy atom. The lowest BCUT2D eigenvalue weighted by molar-refractivity contribution is -0.136. The lowest BCUT2D eigenvalue weighted by Gasteiger charge is -2.28. The SMILES string of the molecule is CC(C)C[C@@H](NC(=O)[C@H](N)CCCCN)C(=O)N[C@@H](Cc1ccccc1)C(=O)N[C@@H](CC(N)=O)C(=O)N[C@@H](Cc1cccc2ccccc12)C(=O)N[C@@H](CCC(N)=O)C(=O)N[C@H](C)C(=O)N[C@H](CCCCN)C(N)=O. The minimum atomic E-state index is -1.74. The van der Waals surface area contributed by atoms with Crippen LogP contribution in [-0.4, -0.2) is 120 Å². The van der Waals surface area contributed by atoms with E-state index >= 15 is 0 Å². The first-order valence-corrected chi connectivity index (χ1v) is 25.3. The number of nitrogens with two attached hydrogens (primary N) is 6. The number of primary amides is 3. The van der Waals surface area contributed by atoms with Crippen LogP contribution in [0.15, 0.2) is 72.8 Å². The molecule has 19 N–H and O–H groups in total. The van der Waals surface area contributed by atoms with Gasteiger partial charge in [0.05, 0.1) is 12.5 Å². The van der Waals surface area contributed by atoms with Gasteiger partial charge >= 0.3 is 0 Å². The quantitative estimate of drug-likeness (QED) is 0.0297. The molecule has 0 heterocycles. The summed E-state index contributed by atoms with van der Waals surface area (Å²) >= 11 is 0. The van der Waals surface area contributed by atoms with E-state index in [2.05, 4.69) is 37.2 Å². The fraction of sp³-hybridized carbons (Fsp3) is 0.500. The third-order valence-electron chi connectivity index (χ3n) is 12.2. The second kappa shape index (κ2) is 31.9. The number of rotatable bonds is 34. The molecule has 0 saturated carbocycles. The summed E-state index contributed by atoms with van der Waals surface area (Å²) in [5.41, 5.74) is 35.0. The fourth-order valence-corrected chi connectivity index (χ4v) is 8.09. The highest BCUT2D eigenvalue weighted by Crippen LogP contribution is 2.21. The summed E-state index contributed by atoms with van der Waals surface area (Å²) in [6, 6.07) is 10.5. The van der Waals surface area contributed by atoms with Gasteiger partial charge in [-0.15, -0.1) is 0 Å².